The van der Waals surface area contributed by atoms with Crippen molar-refractivity contribution in [1.82, 2.24) is 0 Å². The zero-order valence-corrected chi connectivity index (χ0v) is 11.1. The summed E-state index contributed by atoms with van der Waals surface area (Å²) in [5, 5.41) is 11.8. The number of nitrogens with two attached hydrogens (primary N) is 1. The van der Waals surface area contributed by atoms with Crippen LogP contribution in [0.15, 0.2) is 48.5 Å². The van der Waals surface area contributed by atoms with E-state index in [0.717, 1.165) is 5.56 Å². The van der Waals surface area contributed by atoms with Crippen molar-refractivity contribution in [3.8, 4) is 6.07 Å². The average Bonchev–Trinajstić information content (AvgIpc) is 2.47. The summed E-state index contributed by atoms with van der Waals surface area (Å²) >= 11 is 0. The molecule has 0 spiro atoms. The molecule has 2 aromatic rings. The zero-order chi connectivity index (χ0) is 14.5. The van der Waals surface area contributed by atoms with E-state index in [-0.39, 0.29) is 11.8 Å². The number of rotatable bonds is 3. The molecule has 2 aromatic carbocycles. The minimum absolute atomic E-state index is 0.168. The number of para-hydroxylation sites is 1. The fraction of sp³-hybridized carbons (Fsp3) is 0.125. The highest BCUT2D eigenvalue weighted by Gasteiger charge is 2.16. The van der Waals surface area contributed by atoms with Crippen LogP contribution in [0.3, 0.4) is 0 Å². The molecule has 0 saturated carbocycles. The van der Waals surface area contributed by atoms with Gasteiger partial charge in [-0.15, -0.1) is 0 Å². The highest BCUT2D eigenvalue weighted by molar-refractivity contribution is 5.96. The van der Waals surface area contributed by atoms with Crippen LogP contribution in [-0.2, 0) is 4.79 Å². The number of carbonyl (C=O) groups is 1. The molecule has 1 unspecified atom stereocenters. The molecule has 1 amide bonds. The van der Waals surface area contributed by atoms with Crippen molar-refractivity contribution < 1.29 is 4.79 Å². The fourth-order valence-electron chi connectivity index (χ4n) is 1.91. The van der Waals surface area contributed by atoms with E-state index in [4.69, 9.17) is 11.0 Å². The first-order valence-corrected chi connectivity index (χ1v) is 6.27. The largest absolute Gasteiger partial charge is 0.399 e. The number of nitriles is 1. The molecule has 2 rings (SSSR count). The van der Waals surface area contributed by atoms with Gasteiger partial charge in [-0.05, 0) is 36.8 Å². The van der Waals surface area contributed by atoms with Gasteiger partial charge in [0.1, 0.15) is 6.07 Å². The molecule has 0 bridgehead atoms. The van der Waals surface area contributed by atoms with Crippen molar-refractivity contribution in [3.05, 3.63) is 59.7 Å². The number of nitrogen functional groups attached to an aromatic ring is 1. The highest BCUT2D eigenvalue weighted by atomic mass is 16.1. The van der Waals surface area contributed by atoms with E-state index in [0.29, 0.717) is 16.9 Å². The third kappa shape index (κ3) is 2.96. The maximum Gasteiger partial charge on any atom is 0.231 e. The SMILES string of the molecule is CC(C(=O)Nc1ccccc1C#N)c1cccc(N)c1. The Morgan fingerprint density at radius 3 is 2.70 bits per heavy atom. The molecule has 20 heavy (non-hydrogen) atoms. The lowest BCUT2D eigenvalue weighted by molar-refractivity contribution is -0.117. The second-order valence-electron chi connectivity index (χ2n) is 4.54. The van der Waals surface area contributed by atoms with E-state index in [1.807, 2.05) is 12.1 Å². The quantitative estimate of drug-likeness (QED) is 0.837. The molecule has 0 heterocycles. The number of benzene rings is 2. The molecule has 100 valence electrons. The smallest absolute Gasteiger partial charge is 0.231 e. The molecule has 4 heteroatoms. The van der Waals surface area contributed by atoms with Crippen molar-refractivity contribution in [2.75, 3.05) is 11.1 Å². The maximum atomic E-state index is 12.2. The Morgan fingerprint density at radius 1 is 1.25 bits per heavy atom. The van der Waals surface area contributed by atoms with Gasteiger partial charge in [-0.1, -0.05) is 24.3 Å². The van der Waals surface area contributed by atoms with E-state index in [2.05, 4.69) is 11.4 Å². The highest BCUT2D eigenvalue weighted by Crippen LogP contribution is 2.21. The number of amides is 1. The predicted molar refractivity (Wildman–Crippen MR) is 79.1 cm³/mol. The monoisotopic (exact) mass is 265 g/mol. The molecule has 0 fully saturated rings. The molecule has 0 saturated heterocycles. The van der Waals surface area contributed by atoms with Crippen LogP contribution in [0.25, 0.3) is 0 Å². The summed E-state index contributed by atoms with van der Waals surface area (Å²) < 4.78 is 0. The van der Waals surface area contributed by atoms with Gasteiger partial charge in [0.25, 0.3) is 0 Å². The van der Waals surface area contributed by atoms with Crippen molar-refractivity contribution in [1.29, 1.82) is 5.26 Å². The third-order valence-corrected chi connectivity index (χ3v) is 3.11. The summed E-state index contributed by atoms with van der Waals surface area (Å²) in [4.78, 5) is 12.2. The fourth-order valence-corrected chi connectivity index (χ4v) is 1.91. The average molecular weight is 265 g/mol. The molecule has 0 aliphatic carbocycles. The molecular weight excluding hydrogens is 250 g/mol. The molecule has 0 aliphatic heterocycles. The molecule has 0 aliphatic rings. The molecule has 1 atom stereocenters. The van der Waals surface area contributed by atoms with Gasteiger partial charge in [-0.25, -0.2) is 0 Å². The number of hydrogen-bond donors (Lipinski definition) is 2. The minimum atomic E-state index is -0.342. The molecule has 0 aromatic heterocycles. The van der Waals surface area contributed by atoms with Crippen molar-refractivity contribution in [3.63, 3.8) is 0 Å². The second kappa shape index (κ2) is 5.89. The lowest BCUT2D eigenvalue weighted by atomic mass is 9.99. The summed E-state index contributed by atoms with van der Waals surface area (Å²) in [7, 11) is 0. The standard InChI is InChI=1S/C16H15N3O/c1-11(12-6-4-7-14(18)9-12)16(20)19-15-8-3-2-5-13(15)10-17/h2-9,11H,18H2,1H3,(H,19,20). The number of anilines is 2. The predicted octanol–water partition coefficient (Wildman–Crippen LogP) is 2.88. The second-order valence-corrected chi connectivity index (χ2v) is 4.54. The molecule has 4 nitrogen and oxygen atoms in total. The van der Waals surface area contributed by atoms with E-state index in [1.54, 1.807) is 43.3 Å². The Balaban J connectivity index is 2.18. The topological polar surface area (TPSA) is 78.9 Å². The van der Waals surface area contributed by atoms with Gasteiger partial charge in [0.05, 0.1) is 17.2 Å². The summed E-state index contributed by atoms with van der Waals surface area (Å²) in [6.07, 6.45) is 0. The summed E-state index contributed by atoms with van der Waals surface area (Å²) in [5.74, 6) is -0.511. The van der Waals surface area contributed by atoms with Gasteiger partial charge in [0, 0.05) is 5.69 Å². The van der Waals surface area contributed by atoms with Gasteiger partial charge in [0.15, 0.2) is 0 Å². The van der Waals surface area contributed by atoms with Gasteiger partial charge in [0.2, 0.25) is 5.91 Å². The van der Waals surface area contributed by atoms with Crippen molar-refractivity contribution in [2.45, 2.75) is 12.8 Å². The third-order valence-electron chi connectivity index (χ3n) is 3.11. The Hall–Kier alpha value is -2.80. The van der Waals surface area contributed by atoms with Gasteiger partial charge in [-0.2, -0.15) is 5.26 Å². The lowest BCUT2D eigenvalue weighted by Crippen LogP contribution is -2.19. The summed E-state index contributed by atoms with van der Waals surface area (Å²) in [5.41, 5.74) is 8.16. The number of nitrogens with zero attached hydrogens (tertiary/aromatic N) is 1. The Bertz CT molecular complexity index is 673. The number of nitrogens with one attached hydrogen (secondary N) is 1. The molecule has 0 radical (unpaired) electrons. The van der Waals surface area contributed by atoms with Crippen LogP contribution in [-0.4, -0.2) is 5.91 Å². The van der Waals surface area contributed by atoms with Crippen LogP contribution in [0, 0.1) is 11.3 Å². The Morgan fingerprint density at radius 2 is 2.00 bits per heavy atom. The van der Waals surface area contributed by atoms with Gasteiger partial charge >= 0.3 is 0 Å². The maximum absolute atomic E-state index is 12.2. The molecular formula is C16H15N3O. The first-order chi connectivity index (χ1) is 9.61. The van der Waals surface area contributed by atoms with Crippen LogP contribution in [0.1, 0.15) is 24.0 Å². The van der Waals surface area contributed by atoms with E-state index >= 15 is 0 Å². The number of hydrogen-bond acceptors (Lipinski definition) is 3. The summed E-state index contributed by atoms with van der Waals surface area (Å²) in [6.45, 7) is 1.80. The molecule has 3 N–H and O–H groups in total. The van der Waals surface area contributed by atoms with Gasteiger partial charge in [-0.3, -0.25) is 4.79 Å². The first-order valence-electron chi connectivity index (χ1n) is 6.27. The van der Waals surface area contributed by atoms with Crippen LogP contribution >= 0.6 is 0 Å². The van der Waals surface area contributed by atoms with Gasteiger partial charge < -0.3 is 11.1 Å². The Labute approximate surface area is 117 Å². The van der Waals surface area contributed by atoms with Crippen molar-refractivity contribution >= 4 is 17.3 Å². The van der Waals surface area contributed by atoms with E-state index in [1.165, 1.54) is 0 Å². The first kappa shape index (κ1) is 13.6. The normalized spacial score (nSPS) is 11.4. The van der Waals surface area contributed by atoms with Crippen LogP contribution < -0.4 is 11.1 Å². The van der Waals surface area contributed by atoms with Crippen molar-refractivity contribution in [2.24, 2.45) is 0 Å². The Kier molecular flexibility index (Phi) is 4.02. The van der Waals surface area contributed by atoms with E-state index in [9.17, 15) is 4.79 Å². The lowest BCUT2D eigenvalue weighted by Gasteiger charge is -2.13. The van der Waals surface area contributed by atoms with Crippen LogP contribution in [0.2, 0.25) is 0 Å². The zero-order valence-electron chi connectivity index (χ0n) is 11.1. The van der Waals surface area contributed by atoms with Crippen LogP contribution in [0.4, 0.5) is 11.4 Å². The summed E-state index contributed by atoms with van der Waals surface area (Å²) in [6, 6.07) is 16.2. The number of carbonyl (C=O) groups excluding carboxylic acids is 1. The van der Waals surface area contributed by atoms with Crippen LogP contribution in [0.5, 0.6) is 0 Å². The minimum Gasteiger partial charge on any atom is -0.399 e. The van der Waals surface area contributed by atoms with E-state index < -0.39 is 0 Å².